The lowest BCUT2D eigenvalue weighted by Crippen LogP contribution is -2.48. The van der Waals surface area contributed by atoms with E-state index in [1.165, 1.54) is 17.0 Å². The van der Waals surface area contributed by atoms with E-state index < -0.39 is 12.0 Å². The average Bonchev–Trinajstić information content (AvgIpc) is 3.26. The molecule has 1 saturated heterocycles. The molecule has 2 N–H and O–H groups in total. The lowest BCUT2D eigenvalue weighted by molar-refractivity contribution is -0.144. The van der Waals surface area contributed by atoms with Gasteiger partial charge in [-0.1, -0.05) is 6.07 Å². The van der Waals surface area contributed by atoms with Crippen molar-refractivity contribution < 1.29 is 14.3 Å². The van der Waals surface area contributed by atoms with E-state index in [1.807, 2.05) is 4.90 Å². The van der Waals surface area contributed by atoms with Crippen molar-refractivity contribution in [3.8, 4) is 0 Å². The minimum atomic E-state index is -0.873. The number of fused-ring (bicyclic) bond motifs is 1. The zero-order chi connectivity index (χ0) is 18.1. The molecule has 3 aromatic rings. The van der Waals surface area contributed by atoms with Crippen LogP contribution in [0, 0.1) is 5.82 Å². The number of carbonyl (C=O) groups is 1. The number of aromatic nitrogens is 1. The fraction of sp³-hybridized carbons (Fsp3) is 0.316. The van der Waals surface area contributed by atoms with Crippen LogP contribution in [0.3, 0.4) is 0 Å². The summed E-state index contributed by atoms with van der Waals surface area (Å²) >= 11 is 1.74. The van der Waals surface area contributed by atoms with Crippen LogP contribution < -0.4 is 0 Å². The summed E-state index contributed by atoms with van der Waals surface area (Å²) < 4.78 is 13.4. The van der Waals surface area contributed by atoms with Crippen molar-refractivity contribution >= 4 is 28.2 Å². The molecule has 26 heavy (non-hydrogen) atoms. The summed E-state index contributed by atoms with van der Waals surface area (Å²) in [7, 11) is 0. The highest BCUT2D eigenvalue weighted by Gasteiger charge is 2.32. The van der Waals surface area contributed by atoms with Crippen LogP contribution in [0.2, 0.25) is 0 Å². The van der Waals surface area contributed by atoms with Gasteiger partial charge in [0.2, 0.25) is 0 Å². The highest BCUT2D eigenvalue weighted by Crippen LogP contribution is 2.30. The molecule has 3 heterocycles. The van der Waals surface area contributed by atoms with E-state index in [0.717, 1.165) is 25.0 Å². The number of carboxylic acid groups (broad SMARTS) is 1. The summed E-state index contributed by atoms with van der Waals surface area (Å²) in [6.45, 7) is 3.96. The van der Waals surface area contributed by atoms with Crippen molar-refractivity contribution in [2.45, 2.75) is 12.6 Å². The smallest absolute Gasteiger partial charge is 0.325 e. The number of aliphatic carboxylic acids is 1. The number of thiophene rings is 1. The van der Waals surface area contributed by atoms with Gasteiger partial charge in [-0.25, -0.2) is 4.39 Å². The van der Waals surface area contributed by atoms with E-state index in [2.05, 4.69) is 27.4 Å². The molecule has 0 radical (unpaired) electrons. The highest BCUT2D eigenvalue weighted by molar-refractivity contribution is 7.09. The molecule has 0 bridgehead atoms. The van der Waals surface area contributed by atoms with Gasteiger partial charge in [-0.2, -0.15) is 0 Å². The molecule has 136 valence electrons. The Morgan fingerprint density at radius 3 is 2.77 bits per heavy atom. The molecule has 2 aromatic heterocycles. The molecule has 1 fully saturated rings. The zero-order valence-electron chi connectivity index (χ0n) is 14.2. The molecule has 1 atom stereocenters. The highest BCUT2D eigenvalue weighted by atomic mass is 32.1. The Kier molecular flexibility index (Phi) is 4.76. The third-order valence-corrected chi connectivity index (χ3v) is 5.80. The molecule has 0 aliphatic carbocycles. The number of nitrogens with zero attached hydrogens (tertiary/aromatic N) is 2. The minimum Gasteiger partial charge on any atom is -0.480 e. The Bertz CT molecular complexity index is 901. The fourth-order valence-corrected chi connectivity index (χ4v) is 4.38. The number of benzene rings is 1. The minimum absolute atomic E-state index is 0.333. The Morgan fingerprint density at radius 2 is 2.08 bits per heavy atom. The van der Waals surface area contributed by atoms with Crippen LogP contribution in [-0.2, 0) is 11.3 Å². The Morgan fingerprint density at radius 1 is 1.27 bits per heavy atom. The van der Waals surface area contributed by atoms with Gasteiger partial charge < -0.3 is 10.1 Å². The molecule has 1 aromatic carbocycles. The molecule has 0 amide bonds. The van der Waals surface area contributed by atoms with Crippen LogP contribution in [0.4, 0.5) is 4.39 Å². The maximum atomic E-state index is 13.4. The number of hydrogen-bond acceptors (Lipinski definition) is 4. The second-order valence-corrected chi connectivity index (χ2v) is 7.60. The summed E-state index contributed by atoms with van der Waals surface area (Å²) in [5.74, 6) is -1.21. The van der Waals surface area contributed by atoms with Gasteiger partial charge >= 0.3 is 5.97 Å². The maximum Gasteiger partial charge on any atom is 0.325 e. The van der Waals surface area contributed by atoms with Gasteiger partial charge in [0.05, 0.1) is 0 Å². The molecular weight excluding hydrogens is 353 g/mol. The summed E-state index contributed by atoms with van der Waals surface area (Å²) in [6.07, 6.45) is 1.70. The molecule has 5 nitrogen and oxygen atoms in total. The van der Waals surface area contributed by atoms with E-state index in [0.29, 0.717) is 24.2 Å². The van der Waals surface area contributed by atoms with Crippen molar-refractivity contribution in [1.29, 1.82) is 0 Å². The Hall–Kier alpha value is -2.22. The topological polar surface area (TPSA) is 59.6 Å². The molecule has 1 aliphatic rings. The molecule has 1 aliphatic heterocycles. The first kappa shape index (κ1) is 17.2. The van der Waals surface area contributed by atoms with Gasteiger partial charge in [-0.05, 0) is 29.6 Å². The van der Waals surface area contributed by atoms with Gasteiger partial charge in [0.1, 0.15) is 11.9 Å². The lowest BCUT2D eigenvalue weighted by Gasteiger charge is -2.37. The quantitative estimate of drug-likeness (QED) is 0.720. The third kappa shape index (κ3) is 3.38. The normalized spacial score (nSPS) is 17.6. The summed E-state index contributed by atoms with van der Waals surface area (Å²) in [5.41, 5.74) is 1.32. The first-order valence-electron chi connectivity index (χ1n) is 8.60. The first-order chi connectivity index (χ1) is 12.6. The lowest BCUT2D eigenvalue weighted by atomic mass is 10.0. The fourth-order valence-electron chi connectivity index (χ4n) is 3.64. The van der Waals surface area contributed by atoms with Crippen molar-refractivity contribution in [3.63, 3.8) is 0 Å². The second-order valence-electron chi connectivity index (χ2n) is 6.57. The zero-order valence-corrected chi connectivity index (χ0v) is 15.0. The number of hydrogen-bond donors (Lipinski definition) is 2. The van der Waals surface area contributed by atoms with Gasteiger partial charge in [-0.3, -0.25) is 14.6 Å². The van der Waals surface area contributed by atoms with Gasteiger partial charge in [0, 0.05) is 60.3 Å². The number of H-pyrrole nitrogens is 1. The van der Waals surface area contributed by atoms with Crippen LogP contribution in [0.15, 0.2) is 41.9 Å². The van der Waals surface area contributed by atoms with E-state index >= 15 is 0 Å². The number of nitrogens with one attached hydrogen (secondary N) is 1. The van der Waals surface area contributed by atoms with Gasteiger partial charge in [-0.15, -0.1) is 11.3 Å². The molecule has 0 spiro atoms. The molecule has 0 unspecified atom stereocenters. The number of rotatable bonds is 5. The number of aromatic amines is 1. The standard InChI is InChI=1S/C19H20FN3O2S/c20-13-3-4-15-16(11-21-17(15)10-13)18(19(24)25)23-7-5-22(6-8-23)12-14-2-1-9-26-14/h1-4,9-11,18,21H,5-8,12H2,(H,24,25)/t18-/m0/s1. The molecule has 4 rings (SSSR count). The molecular formula is C19H20FN3O2S. The second kappa shape index (κ2) is 7.19. The molecule has 0 saturated carbocycles. The van der Waals surface area contributed by atoms with Crippen molar-refractivity contribution in [2.24, 2.45) is 0 Å². The largest absolute Gasteiger partial charge is 0.480 e. The predicted molar refractivity (Wildman–Crippen MR) is 99.8 cm³/mol. The van der Waals surface area contributed by atoms with E-state index in [4.69, 9.17) is 0 Å². The first-order valence-corrected chi connectivity index (χ1v) is 9.48. The van der Waals surface area contributed by atoms with Crippen LogP contribution in [0.25, 0.3) is 10.9 Å². The van der Waals surface area contributed by atoms with Gasteiger partial charge in [0.25, 0.3) is 0 Å². The Labute approximate surface area is 154 Å². The van der Waals surface area contributed by atoms with E-state index in [9.17, 15) is 14.3 Å². The van der Waals surface area contributed by atoms with Crippen molar-refractivity contribution in [2.75, 3.05) is 26.2 Å². The number of carboxylic acids is 1. The van der Waals surface area contributed by atoms with Crippen LogP contribution in [0.5, 0.6) is 0 Å². The summed E-state index contributed by atoms with van der Waals surface area (Å²) in [6, 6.07) is 7.88. The average molecular weight is 373 g/mol. The predicted octanol–water partition coefficient (Wildman–Crippen LogP) is 3.31. The summed E-state index contributed by atoms with van der Waals surface area (Å²) in [5, 5.41) is 12.7. The van der Waals surface area contributed by atoms with E-state index in [1.54, 1.807) is 23.6 Å². The molecule has 7 heteroatoms. The number of halogens is 1. The van der Waals surface area contributed by atoms with E-state index in [-0.39, 0.29) is 5.82 Å². The van der Waals surface area contributed by atoms with Gasteiger partial charge in [0.15, 0.2) is 0 Å². The van der Waals surface area contributed by atoms with Crippen LogP contribution in [-0.4, -0.2) is 52.0 Å². The Balaban J connectivity index is 1.51. The van der Waals surface area contributed by atoms with Crippen LogP contribution >= 0.6 is 11.3 Å². The van der Waals surface area contributed by atoms with Crippen molar-refractivity contribution in [1.82, 2.24) is 14.8 Å². The maximum absolute atomic E-state index is 13.4. The van der Waals surface area contributed by atoms with Crippen LogP contribution in [0.1, 0.15) is 16.5 Å². The third-order valence-electron chi connectivity index (χ3n) is 4.94. The number of piperazine rings is 1. The summed E-state index contributed by atoms with van der Waals surface area (Å²) in [4.78, 5) is 20.7. The monoisotopic (exact) mass is 373 g/mol. The SMILES string of the molecule is O=C(O)[C@H](c1c[nH]c2cc(F)ccc12)N1CCN(Cc2cccs2)CC1. The van der Waals surface area contributed by atoms with Crippen molar-refractivity contribution in [3.05, 3.63) is 58.2 Å².